The summed E-state index contributed by atoms with van der Waals surface area (Å²) in [6.07, 6.45) is 6.60. The maximum atomic E-state index is 12.0. The lowest BCUT2D eigenvalue weighted by Crippen LogP contribution is -2.44. The summed E-state index contributed by atoms with van der Waals surface area (Å²) in [7, 11) is 1.76. The third-order valence-corrected chi connectivity index (χ3v) is 4.28. The second-order valence-electron chi connectivity index (χ2n) is 7.10. The molecule has 1 rings (SSSR count). The summed E-state index contributed by atoms with van der Waals surface area (Å²) < 4.78 is 0. The van der Waals surface area contributed by atoms with E-state index in [1.54, 1.807) is 11.9 Å². The van der Waals surface area contributed by atoms with Crippen molar-refractivity contribution in [2.24, 2.45) is 17.1 Å². The number of likely N-dealkylation sites (N-methyl/N-ethyl adjacent to an activating group) is 1. The first-order valence-corrected chi connectivity index (χ1v) is 8.05. The number of carbonyl (C=O) groups excluding carboxylic acids is 2. The van der Waals surface area contributed by atoms with Gasteiger partial charge in [-0.2, -0.15) is 0 Å². The average molecular weight is 334 g/mol. The van der Waals surface area contributed by atoms with E-state index in [1.165, 1.54) is 19.3 Å². The minimum atomic E-state index is -0.101. The van der Waals surface area contributed by atoms with Crippen LogP contribution in [0.2, 0.25) is 0 Å². The van der Waals surface area contributed by atoms with E-state index in [1.807, 2.05) is 13.8 Å². The van der Waals surface area contributed by atoms with Gasteiger partial charge in [-0.25, -0.2) is 0 Å². The van der Waals surface area contributed by atoms with Crippen LogP contribution >= 0.6 is 12.4 Å². The van der Waals surface area contributed by atoms with Crippen LogP contribution in [-0.4, -0.2) is 43.4 Å². The van der Waals surface area contributed by atoms with Gasteiger partial charge in [0.2, 0.25) is 11.8 Å². The Kier molecular flexibility index (Phi) is 9.69. The summed E-state index contributed by atoms with van der Waals surface area (Å²) in [5.41, 5.74) is 5.57. The zero-order valence-electron chi connectivity index (χ0n) is 14.2. The molecule has 1 aliphatic carbocycles. The van der Waals surface area contributed by atoms with Crippen LogP contribution in [0.4, 0.5) is 0 Å². The number of nitrogens with two attached hydrogens (primary N) is 1. The Labute approximate surface area is 140 Å². The molecular weight excluding hydrogens is 302 g/mol. The first kappa shape index (κ1) is 21.2. The summed E-state index contributed by atoms with van der Waals surface area (Å²) in [5, 5.41) is 2.75. The normalized spacial score (nSPS) is 15.8. The summed E-state index contributed by atoms with van der Waals surface area (Å²) >= 11 is 0. The van der Waals surface area contributed by atoms with E-state index in [2.05, 4.69) is 5.32 Å². The van der Waals surface area contributed by atoms with Crippen molar-refractivity contribution in [3.05, 3.63) is 0 Å². The van der Waals surface area contributed by atoms with Crippen molar-refractivity contribution in [2.45, 2.75) is 52.4 Å². The Morgan fingerprint density at radius 1 is 1.23 bits per heavy atom. The molecule has 22 heavy (non-hydrogen) atoms. The molecule has 0 aliphatic heterocycles. The molecule has 0 unspecified atom stereocenters. The lowest BCUT2D eigenvalue weighted by Gasteiger charge is -2.29. The fraction of sp³-hybridized carbons (Fsp3) is 0.875. The number of nitrogens with zero attached hydrogens (tertiary/aromatic N) is 1. The van der Waals surface area contributed by atoms with E-state index in [4.69, 9.17) is 5.73 Å². The number of hydrogen-bond acceptors (Lipinski definition) is 3. The Balaban J connectivity index is 0.00000441. The molecule has 0 saturated heterocycles. The van der Waals surface area contributed by atoms with Crippen molar-refractivity contribution in [3.8, 4) is 0 Å². The van der Waals surface area contributed by atoms with E-state index in [9.17, 15) is 9.59 Å². The number of amides is 2. The second kappa shape index (κ2) is 10.1. The van der Waals surface area contributed by atoms with Crippen molar-refractivity contribution in [1.82, 2.24) is 10.2 Å². The van der Waals surface area contributed by atoms with Gasteiger partial charge in [-0.3, -0.25) is 9.59 Å². The fourth-order valence-corrected chi connectivity index (χ4v) is 2.83. The highest BCUT2D eigenvalue weighted by molar-refractivity contribution is 5.85. The van der Waals surface area contributed by atoms with Crippen LogP contribution in [0.3, 0.4) is 0 Å². The Morgan fingerprint density at radius 2 is 1.82 bits per heavy atom. The van der Waals surface area contributed by atoms with Crippen LogP contribution in [0.1, 0.15) is 52.4 Å². The molecule has 2 amide bonds. The molecule has 130 valence electrons. The summed E-state index contributed by atoms with van der Waals surface area (Å²) in [4.78, 5) is 25.5. The minimum absolute atomic E-state index is 0. The third kappa shape index (κ3) is 7.99. The number of nitrogens with one attached hydrogen (secondary N) is 1. The average Bonchev–Trinajstić information content (AvgIpc) is 2.45. The zero-order valence-corrected chi connectivity index (χ0v) is 15.0. The number of rotatable bonds is 7. The molecule has 0 bridgehead atoms. The van der Waals surface area contributed by atoms with Gasteiger partial charge in [0.15, 0.2) is 0 Å². The predicted molar refractivity (Wildman–Crippen MR) is 91.9 cm³/mol. The van der Waals surface area contributed by atoms with E-state index in [0.717, 1.165) is 12.8 Å². The molecule has 1 aliphatic rings. The summed E-state index contributed by atoms with van der Waals surface area (Å²) in [6, 6.07) is 0. The smallest absolute Gasteiger partial charge is 0.241 e. The largest absolute Gasteiger partial charge is 0.347 e. The van der Waals surface area contributed by atoms with Crippen LogP contribution in [0, 0.1) is 11.3 Å². The highest BCUT2D eigenvalue weighted by Crippen LogP contribution is 2.25. The molecular formula is C16H32ClN3O2. The quantitative estimate of drug-likeness (QED) is 0.747. The van der Waals surface area contributed by atoms with Gasteiger partial charge in [-0.15, -0.1) is 12.4 Å². The van der Waals surface area contributed by atoms with Gasteiger partial charge in [0.25, 0.3) is 0 Å². The lowest BCUT2D eigenvalue weighted by molar-refractivity contribution is -0.133. The number of hydrogen-bond donors (Lipinski definition) is 2. The Morgan fingerprint density at radius 3 is 2.36 bits per heavy atom. The first-order valence-electron chi connectivity index (χ1n) is 8.05. The Bertz CT molecular complexity index is 355. The minimum Gasteiger partial charge on any atom is -0.347 e. The molecule has 6 heteroatoms. The molecule has 0 aromatic carbocycles. The SMILES string of the molecule is CN(CC(C)(C)CN)C(=O)CNC(=O)CC1CCCCC1.Cl. The van der Waals surface area contributed by atoms with E-state index >= 15 is 0 Å². The molecule has 0 spiro atoms. The van der Waals surface area contributed by atoms with Gasteiger partial charge in [0.1, 0.15) is 0 Å². The summed E-state index contributed by atoms with van der Waals surface area (Å²) in [5.74, 6) is 0.443. The zero-order chi connectivity index (χ0) is 15.9. The molecule has 0 aromatic rings. The van der Waals surface area contributed by atoms with Crippen molar-refractivity contribution in [2.75, 3.05) is 26.7 Å². The van der Waals surface area contributed by atoms with Crippen LogP contribution < -0.4 is 11.1 Å². The number of carbonyl (C=O) groups is 2. The van der Waals surface area contributed by atoms with Gasteiger partial charge in [-0.05, 0) is 30.7 Å². The van der Waals surface area contributed by atoms with E-state index in [-0.39, 0.29) is 36.2 Å². The Hall–Kier alpha value is -0.810. The van der Waals surface area contributed by atoms with Crippen molar-refractivity contribution >= 4 is 24.2 Å². The molecule has 0 aromatic heterocycles. The van der Waals surface area contributed by atoms with Gasteiger partial charge in [0.05, 0.1) is 6.54 Å². The molecule has 0 atom stereocenters. The molecule has 1 saturated carbocycles. The molecule has 5 nitrogen and oxygen atoms in total. The monoisotopic (exact) mass is 333 g/mol. The van der Waals surface area contributed by atoms with E-state index in [0.29, 0.717) is 25.4 Å². The maximum absolute atomic E-state index is 12.0. The standard InChI is InChI=1S/C16H31N3O2.ClH/c1-16(2,11-17)12-19(3)15(21)10-18-14(20)9-13-7-5-4-6-8-13;/h13H,4-12,17H2,1-3H3,(H,18,20);1H. The highest BCUT2D eigenvalue weighted by Gasteiger charge is 2.22. The van der Waals surface area contributed by atoms with Gasteiger partial charge in [0, 0.05) is 20.0 Å². The third-order valence-electron chi connectivity index (χ3n) is 4.28. The topological polar surface area (TPSA) is 75.4 Å². The van der Waals surface area contributed by atoms with Crippen LogP contribution in [-0.2, 0) is 9.59 Å². The highest BCUT2D eigenvalue weighted by atomic mass is 35.5. The maximum Gasteiger partial charge on any atom is 0.241 e. The van der Waals surface area contributed by atoms with Crippen molar-refractivity contribution in [1.29, 1.82) is 0 Å². The van der Waals surface area contributed by atoms with Gasteiger partial charge >= 0.3 is 0 Å². The molecule has 3 N–H and O–H groups in total. The fourth-order valence-electron chi connectivity index (χ4n) is 2.83. The molecule has 0 radical (unpaired) electrons. The lowest BCUT2D eigenvalue weighted by atomic mass is 9.87. The van der Waals surface area contributed by atoms with Crippen molar-refractivity contribution in [3.63, 3.8) is 0 Å². The molecule has 0 heterocycles. The van der Waals surface area contributed by atoms with Crippen LogP contribution in [0.25, 0.3) is 0 Å². The first-order chi connectivity index (χ1) is 9.84. The molecule has 1 fully saturated rings. The van der Waals surface area contributed by atoms with Crippen LogP contribution in [0.5, 0.6) is 0 Å². The summed E-state index contributed by atoms with van der Waals surface area (Å²) in [6.45, 7) is 5.26. The van der Waals surface area contributed by atoms with Crippen molar-refractivity contribution < 1.29 is 9.59 Å². The number of halogens is 1. The van der Waals surface area contributed by atoms with Crippen LogP contribution in [0.15, 0.2) is 0 Å². The predicted octanol–water partition coefficient (Wildman–Crippen LogP) is 1.94. The van der Waals surface area contributed by atoms with Gasteiger partial charge in [-0.1, -0.05) is 33.1 Å². The second-order valence-corrected chi connectivity index (χ2v) is 7.10. The van der Waals surface area contributed by atoms with Gasteiger partial charge < -0.3 is 16.0 Å². The van der Waals surface area contributed by atoms with E-state index < -0.39 is 0 Å².